The molecule has 0 aromatic carbocycles. The molecule has 3 rings (SSSR count). The molecule has 1 amide bonds. The van der Waals surface area contributed by atoms with E-state index in [0.717, 1.165) is 5.56 Å². The Labute approximate surface area is 131 Å². The average molecular weight is 322 g/mol. The predicted molar refractivity (Wildman–Crippen MR) is 77.8 cm³/mol. The number of halogens is 2. The molecule has 0 bridgehead atoms. The molecule has 1 saturated heterocycles. The number of rotatable bonds is 4. The Bertz CT molecular complexity index is 704. The minimum Gasteiger partial charge on any atom is -0.336 e. The molecule has 1 aliphatic rings. The quantitative estimate of drug-likeness (QED) is 0.863. The number of aromatic nitrogens is 3. The number of alkyl halides is 2. The number of carbonyl (C=O) groups is 1. The largest absolute Gasteiger partial charge is 0.345 e. The SMILES string of the molecule is Cn1cc(-c2ncccc2C(=O)N2CC[C@H](OC(F)F)C2)cn1. The maximum absolute atomic E-state index is 12.7. The molecule has 0 aliphatic carbocycles. The van der Waals surface area contributed by atoms with Crippen molar-refractivity contribution >= 4 is 5.91 Å². The lowest BCUT2D eigenvalue weighted by Gasteiger charge is -2.18. The van der Waals surface area contributed by atoms with Gasteiger partial charge in [-0.2, -0.15) is 13.9 Å². The van der Waals surface area contributed by atoms with Crippen LogP contribution >= 0.6 is 0 Å². The van der Waals surface area contributed by atoms with Crippen LogP contribution in [0, 0.1) is 0 Å². The minimum absolute atomic E-state index is 0.157. The van der Waals surface area contributed by atoms with Gasteiger partial charge in [0.2, 0.25) is 0 Å². The number of carbonyl (C=O) groups excluding carboxylic acids is 1. The summed E-state index contributed by atoms with van der Waals surface area (Å²) in [7, 11) is 1.78. The van der Waals surface area contributed by atoms with Crippen molar-refractivity contribution in [1.82, 2.24) is 19.7 Å². The summed E-state index contributed by atoms with van der Waals surface area (Å²) in [6.45, 7) is -2.28. The molecule has 0 saturated carbocycles. The smallest absolute Gasteiger partial charge is 0.336 e. The topological polar surface area (TPSA) is 60.2 Å². The molecule has 0 unspecified atom stereocenters. The summed E-state index contributed by atoms with van der Waals surface area (Å²) in [6.07, 6.45) is 4.78. The van der Waals surface area contributed by atoms with Crippen LogP contribution in [0.1, 0.15) is 16.8 Å². The average Bonchev–Trinajstić information content (AvgIpc) is 3.15. The van der Waals surface area contributed by atoms with Crippen LogP contribution in [0.15, 0.2) is 30.7 Å². The van der Waals surface area contributed by atoms with E-state index in [4.69, 9.17) is 0 Å². The van der Waals surface area contributed by atoms with Gasteiger partial charge in [-0.25, -0.2) is 0 Å². The Morgan fingerprint density at radius 3 is 3.00 bits per heavy atom. The van der Waals surface area contributed by atoms with E-state index in [0.29, 0.717) is 24.2 Å². The second-order valence-corrected chi connectivity index (χ2v) is 5.36. The maximum atomic E-state index is 12.7. The zero-order valence-electron chi connectivity index (χ0n) is 12.5. The molecule has 1 fully saturated rings. The molecule has 0 N–H and O–H groups in total. The fourth-order valence-corrected chi connectivity index (χ4v) is 2.69. The van der Waals surface area contributed by atoms with E-state index in [-0.39, 0.29) is 12.5 Å². The van der Waals surface area contributed by atoms with Crippen molar-refractivity contribution in [2.45, 2.75) is 19.1 Å². The van der Waals surface area contributed by atoms with E-state index in [1.807, 2.05) is 0 Å². The van der Waals surface area contributed by atoms with E-state index in [1.54, 1.807) is 42.5 Å². The second kappa shape index (κ2) is 6.41. The van der Waals surface area contributed by atoms with Gasteiger partial charge in [0.1, 0.15) is 0 Å². The van der Waals surface area contributed by atoms with Gasteiger partial charge >= 0.3 is 6.61 Å². The summed E-state index contributed by atoms with van der Waals surface area (Å²) in [5.41, 5.74) is 1.69. The highest BCUT2D eigenvalue weighted by atomic mass is 19.3. The number of likely N-dealkylation sites (tertiary alicyclic amines) is 1. The van der Waals surface area contributed by atoms with Gasteiger partial charge in [-0.1, -0.05) is 0 Å². The van der Waals surface area contributed by atoms with E-state index in [2.05, 4.69) is 14.8 Å². The van der Waals surface area contributed by atoms with Gasteiger partial charge in [-0.15, -0.1) is 0 Å². The summed E-state index contributed by atoms with van der Waals surface area (Å²) in [5, 5.41) is 4.08. The van der Waals surface area contributed by atoms with Crippen LogP contribution in [0.5, 0.6) is 0 Å². The highest BCUT2D eigenvalue weighted by Gasteiger charge is 2.30. The standard InChI is InChI=1S/C15H16F2N4O2/c1-20-8-10(7-19-20)13-12(3-2-5-18-13)14(22)21-6-4-11(9-21)23-15(16)17/h2-3,5,7-8,11,15H,4,6,9H2,1H3/t11-/m0/s1. The van der Waals surface area contributed by atoms with Crippen molar-refractivity contribution < 1.29 is 18.3 Å². The van der Waals surface area contributed by atoms with Gasteiger partial charge < -0.3 is 9.64 Å². The molecule has 0 radical (unpaired) electrons. The van der Waals surface area contributed by atoms with Crippen LogP contribution < -0.4 is 0 Å². The number of hydrogen-bond donors (Lipinski definition) is 0. The maximum Gasteiger partial charge on any atom is 0.345 e. The van der Waals surface area contributed by atoms with E-state index in [1.165, 1.54) is 4.90 Å². The molecular weight excluding hydrogens is 306 g/mol. The Hall–Kier alpha value is -2.35. The molecule has 2 aromatic rings. The molecule has 0 spiro atoms. The van der Waals surface area contributed by atoms with Crippen LogP contribution in [0.2, 0.25) is 0 Å². The van der Waals surface area contributed by atoms with Crippen molar-refractivity contribution in [3.63, 3.8) is 0 Å². The minimum atomic E-state index is -2.82. The van der Waals surface area contributed by atoms with Crippen LogP contribution in [-0.4, -0.2) is 51.4 Å². The molecule has 1 aliphatic heterocycles. The number of hydrogen-bond acceptors (Lipinski definition) is 4. The summed E-state index contributed by atoms with van der Waals surface area (Å²) in [5.74, 6) is -0.239. The predicted octanol–water partition coefficient (Wildman–Crippen LogP) is 1.94. The Morgan fingerprint density at radius 1 is 1.48 bits per heavy atom. The van der Waals surface area contributed by atoms with E-state index < -0.39 is 12.7 Å². The van der Waals surface area contributed by atoms with Gasteiger partial charge in [-0.3, -0.25) is 14.5 Å². The zero-order valence-corrected chi connectivity index (χ0v) is 12.5. The highest BCUT2D eigenvalue weighted by molar-refractivity contribution is 5.99. The first-order valence-electron chi connectivity index (χ1n) is 7.21. The first-order chi connectivity index (χ1) is 11.0. The van der Waals surface area contributed by atoms with Crippen LogP contribution in [0.25, 0.3) is 11.3 Å². The van der Waals surface area contributed by atoms with E-state index >= 15 is 0 Å². The zero-order chi connectivity index (χ0) is 16.4. The summed E-state index contributed by atoms with van der Waals surface area (Å²) < 4.78 is 30.7. The summed E-state index contributed by atoms with van der Waals surface area (Å²) in [6, 6.07) is 3.36. The van der Waals surface area contributed by atoms with Gasteiger partial charge in [0.15, 0.2) is 0 Å². The van der Waals surface area contributed by atoms with Crippen molar-refractivity contribution in [1.29, 1.82) is 0 Å². The third kappa shape index (κ3) is 3.37. The van der Waals surface area contributed by atoms with Gasteiger partial charge in [0.05, 0.1) is 23.6 Å². The normalized spacial score (nSPS) is 17.9. The lowest BCUT2D eigenvalue weighted by Crippen LogP contribution is -2.31. The molecule has 122 valence electrons. The number of nitrogens with zero attached hydrogens (tertiary/aromatic N) is 4. The Morgan fingerprint density at radius 2 is 2.30 bits per heavy atom. The monoisotopic (exact) mass is 322 g/mol. The molecule has 6 nitrogen and oxygen atoms in total. The van der Waals surface area contributed by atoms with Crippen molar-refractivity contribution in [2.24, 2.45) is 7.05 Å². The van der Waals surface area contributed by atoms with Gasteiger partial charge in [-0.05, 0) is 18.6 Å². The molecule has 1 atom stereocenters. The van der Waals surface area contributed by atoms with Crippen LogP contribution in [0.3, 0.4) is 0 Å². The third-order valence-corrected chi connectivity index (χ3v) is 3.74. The fourth-order valence-electron chi connectivity index (χ4n) is 2.69. The number of ether oxygens (including phenoxy) is 1. The first-order valence-corrected chi connectivity index (χ1v) is 7.21. The van der Waals surface area contributed by atoms with Gasteiger partial charge in [0.25, 0.3) is 5.91 Å². The van der Waals surface area contributed by atoms with Crippen molar-refractivity contribution in [3.8, 4) is 11.3 Å². The number of pyridine rings is 1. The summed E-state index contributed by atoms with van der Waals surface area (Å²) in [4.78, 5) is 18.5. The fraction of sp³-hybridized carbons (Fsp3) is 0.400. The van der Waals surface area contributed by atoms with Crippen molar-refractivity contribution in [3.05, 3.63) is 36.3 Å². The number of aryl methyl sites for hydroxylation is 1. The van der Waals surface area contributed by atoms with Crippen LogP contribution in [0.4, 0.5) is 8.78 Å². The van der Waals surface area contributed by atoms with Gasteiger partial charge in [0, 0.05) is 38.1 Å². The Balaban J connectivity index is 1.81. The molecule has 3 heterocycles. The molecule has 23 heavy (non-hydrogen) atoms. The first kappa shape index (κ1) is 15.5. The Kier molecular flexibility index (Phi) is 4.33. The molecule has 8 heteroatoms. The van der Waals surface area contributed by atoms with E-state index in [9.17, 15) is 13.6 Å². The highest BCUT2D eigenvalue weighted by Crippen LogP contribution is 2.24. The molecular formula is C15H16F2N4O2. The second-order valence-electron chi connectivity index (χ2n) is 5.36. The lowest BCUT2D eigenvalue weighted by molar-refractivity contribution is -0.158. The lowest BCUT2D eigenvalue weighted by atomic mass is 10.1. The number of amides is 1. The van der Waals surface area contributed by atoms with Crippen LogP contribution in [-0.2, 0) is 11.8 Å². The molecule has 2 aromatic heterocycles. The van der Waals surface area contributed by atoms with Crippen molar-refractivity contribution in [2.75, 3.05) is 13.1 Å². The third-order valence-electron chi connectivity index (χ3n) is 3.74. The summed E-state index contributed by atoms with van der Waals surface area (Å²) >= 11 is 0.